The third-order valence-electron chi connectivity index (χ3n) is 1.81. The number of hydrogen-bond acceptors (Lipinski definition) is 3. The van der Waals surface area contributed by atoms with E-state index >= 15 is 0 Å². The van der Waals surface area contributed by atoms with Gasteiger partial charge in [-0.1, -0.05) is 69.6 Å². The highest BCUT2D eigenvalue weighted by molar-refractivity contribution is 6.48. The van der Waals surface area contributed by atoms with Crippen molar-refractivity contribution in [2.45, 2.75) is 33.8 Å². The number of alkyl halides is 6. The average molecular weight is 372 g/mol. The highest BCUT2D eigenvalue weighted by Crippen LogP contribution is 2.37. The van der Waals surface area contributed by atoms with Crippen LogP contribution in [0.25, 0.3) is 0 Å². The van der Waals surface area contributed by atoms with E-state index in [-0.39, 0.29) is 17.5 Å². The molecular weight excluding hydrogens is 363 g/mol. The first-order valence-corrected chi connectivity index (χ1v) is 6.99. The van der Waals surface area contributed by atoms with Gasteiger partial charge in [-0.05, 0) is 20.8 Å². The molecule has 0 atom stereocenters. The average Bonchev–Trinajstić information content (AvgIpc) is 2.13. The molecule has 0 bridgehead atoms. The van der Waals surface area contributed by atoms with E-state index in [1.807, 2.05) is 0 Å². The van der Waals surface area contributed by atoms with Gasteiger partial charge in [0, 0.05) is 0 Å². The van der Waals surface area contributed by atoms with Crippen molar-refractivity contribution in [2.24, 2.45) is 0 Å². The quantitative estimate of drug-likeness (QED) is 0.715. The van der Waals surface area contributed by atoms with Crippen LogP contribution < -0.4 is 0 Å². The first-order valence-electron chi connectivity index (χ1n) is 4.73. The monoisotopic (exact) mass is 369 g/mol. The first-order chi connectivity index (χ1) is 7.82. The zero-order valence-corrected chi connectivity index (χ0v) is 14.1. The summed E-state index contributed by atoms with van der Waals surface area (Å²) in [6.07, 6.45) is 0. The molecule has 102 valence electrons. The summed E-state index contributed by atoms with van der Waals surface area (Å²) >= 11 is 35.7. The van der Waals surface area contributed by atoms with Crippen LogP contribution in [0.4, 0.5) is 0 Å². The summed E-state index contributed by atoms with van der Waals surface area (Å²) in [6, 6.07) is 0. The molecule has 1 aromatic rings. The molecule has 18 heavy (non-hydrogen) atoms. The zero-order chi connectivity index (χ0) is 14.4. The predicted molar refractivity (Wildman–Crippen MR) is 77.0 cm³/mol. The maximum Gasteiger partial charge on any atom is 0.174 e. The normalized spacial score (nSPS) is 13.8. The molecule has 0 aromatic carbocycles. The van der Waals surface area contributed by atoms with E-state index in [1.165, 1.54) is 20.8 Å². The van der Waals surface area contributed by atoms with Crippen molar-refractivity contribution >= 4 is 69.6 Å². The van der Waals surface area contributed by atoms with Gasteiger partial charge in [-0.25, -0.2) is 15.0 Å². The van der Waals surface area contributed by atoms with Gasteiger partial charge in [-0.3, -0.25) is 0 Å². The number of nitrogens with zero attached hydrogens (tertiary/aromatic N) is 3. The maximum atomic E-state index is 5.94. The molecule has 9 heteroatoms. The first kappa shape index (κ1) is 16.8. The van der Waals surface area contributed by atoms with Crippen LogP contribution in [0.2, 0.25) is 0 Å². The van der Waals surface area contributed by atoms with Crippen molar-refractivity contribution in [3.8, 4) is 0 Å². The van der Waals surface area contributed by atoms with Gasteiger partial charge in [-0.2, -0.15) is 0 Å². The molecule has 0 saturated carbocycles. The van der Waals surface area contributed by atoms with Crippen LogP contribution >= 0.6 is 69.6 Å². The van der Waals surface area contributed by atoms with E-state index < -0.39 is 13.0 Å². The molecule has 0 aliphatic rings. The standard InChI is InChI=1S/C9H9Cl6N3/c1-7(10,11)4-16-5(8(2,12)13)18-6(17-4)9(3,14)15/h1-3H3. The second kappa shape index (κ2) is 5.27. The number of hydrogen-bond donors (Lipinski definition) is 0. The molecule has 0 fully saturated rings. The van der Waals surface area contributed by atoms with E-state index in [0.717, 1.165) is 0 Å². The van der Waals surface area contributed by atoms with Crippen molar-refractivity contribution in [1.29, 1.82) is 0 Å². The summed E-state index contributed by atoms with van der Waals surface area (Å²) < 4.78 is -4.03. The van der Waals surface area contributed by atoms with Gasteiger partial charge >= 0.3 is 0 Å². The Morgan fingerprint density at radius 3 is 0.833 bits per heavy atom. The Balaban J connectivity index is 3.49. The van der Waals surface area contributed by atoms with Gasteiger partial charge in [0.25, 0.3) is 0 Å². The van der Waals surface area contributed by atoms with Crippen LogP contribution in [0.15, 0.2) is 0 Å². The molecule has 1 rings (SSSR count). The summed E-state index contributed by atoms with van der Waals surface area (Å²) in [5.74, 6) is 0.225. The molecule has 0 N–H and O–H groups in total. The minimum Gasteiger partial charge on any atom is -0.211 e. The van der Waals surface area contributed by atoms with E-state index in [4.69, 9.17) is 69.6 Å². The predicted octanol–water partition coefficient (Wildman–Crippen LogP) is 4.82. The van der Waals surface area contributed by atoms with Gasteiger partial charge in [0.05, 0.1) is 0 Å². The van der Waals surface area contributed by atoms with E-state index in [9.17, 15) is 0 Å². The molecule has 0 radical (unpaired) electrons. The molecule has 0 aliphatic heterocycles. The molecule has 0 spiro atoms. The molecule has 1 heterocycles. The SMILES string of the molecule is CC(Cl)(Cl)c1nc(C(C)(Cl)Cl)nc(C(C)(Cl)Cl)n1. The van der Waals surface area contributed by atoms with Crippen molar-refractivity contribution in [3.05, 3.63) is 17.5 Å². The number of halogens is 6. The second-order valence-electron chi connectivity index (χ2n) is 3.97. The topological polar surface area (TPSA) is 38.7 Å². The molecule has 0 unspecified atom stereocenters. The highest BCUT2D eigenvalue weighted by atomic mass is 35.5. The van der Waals surface area contributed by atoms with Crippen LogP contribution in [0.1, 0.15) is 38.2 Å². The Bertz CT molecular complexity index is 364. The maximum absolute atomic E-state index is 5.94. The Morgan fingerprint density at radius 1 is 0.556 bits per heavy atom. The summed E-state index contributed by atoms with van der Waals surface area (Å²) in [5.41, 5.74) is 0. The van der Waals surface area contributed by atoms with Gasteiger partial charge in [0.15, 0.2) is 30.5 Å². The zero-order valence-electron chi connectivity index (χ0n) is 9.61. The largest absolute Gasteiger partial charge is 0.211 e. The lowest BCUT2D eigenvalue weighted by Gasteiger charge is -2.20. The van der Waals surface area contributed by atoms with Crippen LogP contribution in [0.5, 0.6) is 0 Å². The minimum absolute atomic E-state index is 0.0749. The van der Waals surface area contributed by atoms with Crippen LogP contribution in [-0.4, -0.2) is 15.0 Å². The Kier molecular flexibility index (Phi) is 4.92. The smallest absolute Gasteiger partial charge is 0.174 e. The summed E-state index contributed by atoms with van der Waals surface area (Å²) in [6.45, 7) is 4.50. The Hall–Kier alpha value is 0.750. The highest BCUT2D eigenvalue weighted by Gasteiger charge is 2.34. The molecule has 0 aliphatic carbocycles. The second-order valence-corrected chi connectivity index (χ2v) is 9.09. The van der Waals surface area contributed by atoms with Crippen LogP contribution in [0, 0.1) is 0 Å². The minimum atomic E-state index is -1.34. The lowest BCUT2D eigenvalue weighted by molar-refractivity contribution is 0.691. The van der Waals surface area contributed by atoms with Crippen LogP contribution in [-0.2, 0) is 13.0 Å². The summed E-state index contributed by atoms with van der Waals surface area (Å²) in [5, 5.41) is 0. The Labute approximate surface area is 135 Å². The summed E-state index contributed by atoms with van der Waals surface area (Å²) in [4.78, 5) is 12.1. The number of aromatic nitrogens is 3. The van der Waals surface area contributed by atoms with E-state index in [2.05, 4.69) is 15.0 Å². The lowest BCUT2D eigenvalue weighted by atomic mass is 10.3. The van der Waals surface area contributed by atoms with Crippen molar-refractivity contribution in [1.82, 2.24) is 15.0 Å². The van der Waals surface area contributed by atoms with Gasteiger partial charge in [0.1, 0.15) is 0 Å². The molecule has 0 saturated heterocycles. The molecule has 1 aromatic heterocycles. The number of rotatable bonds is 3. The molecule has 3 nitrogen and oxygen atoms in total. The van der Waals surface area contributed by atoms with Gasteiger partial charge in [0.2, 0.25) is 0 Å². The Morgan fingerprint density at radius 2 is 0.722 bits per heavy atom. The van der Waals surface area contributed by atoms with Crippen molar-refractivity contribution < 1.29 is 0 Å². The van der Waals surface area contributed by atoms with Crippen LogP contribution in [0.3, 0.4) is 0 Å². The fourth-order valence-corrected chi connectivity index (χ4v) is 1.47. The van der Waals surface area contributed by atoms with Gasteiger partial charge in [-0.15, -0.1) is 0 Å². The summed E-state index contributed by atoms with van der Waals surface area (Å²) in [7, 11) is 0. The lowest BCUT2D eigenvalue weighted by Crippen LogP contribution is -2.23. The van der Waals surface area contributed by atoms with Crippen molar-refractivity contribution in [3.63, 3.8) is 0 Å². The third-order valence-corrected chi connectivity index (χ3v) is 2.83. The van der Waals surface area contributed by atoms with Gasteiger partial charge < -0.3 is 0 Å². The fourth-order valence-electron chi connectivity index (χ4n) is 0.965. The van der Waals surface area contributed by atoms with Crippen molar-refractivity contribution in [2.75, 3.05) is 0 Å². The molecule has 0 amide bonds. The third kappa shape index (κ3) is 4.39. The molecular formula is C9H9Cl6N3. The van der Waals surface area contributed by atoms with E-state index in [0.29, 0.717) is 0 Å². The van der Waals surface area contributed by atoms with E-state index in [1.54, 1.807) is 0 Å². The fraction of sp³-hybridized carbons (Fsp3) is 0.667.